The Hall–Kier alpha value is -3.27. The largest absolute Gasteiger partial charge is 0.496 e. The smallest absolute Gasteiger partial charge is 0.258 e. The Morgan fingerprint density at radius 3 is 2.43 bits per heavy atom. The Morgan fingerprint density at radius 1 is 0.964 bits per heavy atom. The van der Waals surface area contributed by atoms with Crippen molar-refractivity contribution in [2.24, 2.45) is 0 Å². The minimum atomic E-state index is -0.185. The number of methoxy groups -OCH3 is 1. The first-order chi connectivity index (χ1) is 13.6. The Bertz CT molecular complexity index is 938. The van der Waals surface area contributed by atoms with Crippen LogP contribution in [0.5, 0.6) is 11.5 Å². The molecule has 144 valence electrons. The summed E-state index contributed by atoms with van der Waals surface area (Å²) in [5, 5.41) is 2.98. The van der Waals surface area contributed by atoms with Crippen LogP contribution in [0.25, 0.3) is 11.1 Å². The number of carbonyl (C=O) groups excluding carboxylic acids is 1. The van der Waals surface area contributed by atoms with Gasteiger partial charge in [0.25, 0.3) is 5.91 Å². The Morgan fingerprint density at radius 2 is 1.68 bits per heavy atom. The van der Waals surface area contributed by atoms with Gasteiger partial charge in [-0.1, -0.05) is 66.2 Å². The lowest BCUT2D eigenvalue weighted by Gasteiger charge is -2.18. The van der Waals surface area contributed by atoms with Crippen molar-refractivity contribution < 1.29 is 14.3 Å². The molecule has 1 amide bonds. The highest BCUT2D eigenvalue weighted by molar-refractivity contribution is 5.79. The van der Waals surface area contributed by atoms with E-state index in [4.69, 9.17) is 9.47 Å². The number of rotatable bonds is 7. The Labute approximate surface area is 166 Å². The average molecular weight is 375 g/mol. The van der Waals surface area contributed by atoms with Crippen LogP contribution in [0.15, 0.2) is 72.8 Å². The number of nitrogens with one attached hydrogen (secondary N) is 1. The van der Waals surface area contributed by atoms with E-state index in [0.717, 1.165) is 28.0 Å². The van der Waals surface area contributed by atoms with Gasteiger partial charge in [0.2, 0.25) is 0 Å². The van der Waals surface area contributed by atoms with E-state index in [0.29, 0.717) is 5.75 Å². The molecule has 0 bridgehead atoms. The fourth-order valence-electron chi connectivity index (χ4n) is 3.15. The normalized spacial score (nSPS) is 11.5. The van der Waals surface area contributed by atoms with E-state index in [-0.39, 0.29) is 18.6 Å². The highest BCUT2D eigenvalue weighted by Gasteiger charge is 2.15. The molecule has 4 heteroatoms. The first-order valence-electron chi connectivity index (χ1n) is 9.29. The summed E-state index contributed by atoms with van der Waals surface area (Å²) < 4.78 is 11.2. The molecule has 0 saturated carbocycles. The molecular weight excluding hydrogens is 350 g/mol. The molecule has 28 heavy (non-hydrogen) atoms. The van der Waals surface area contributed by atoms with Gasteiger partial charge in [0.1, 0.15) is 11.5 Å². The van der Waals surface area contributed by atoms with Crippen molar-refractivity contribution in [3.8, 4) is 22.6 Å². The van der Waals surface area contributed by atoms with Crippen LogP contribution in [0.1, 0.15) is 24.1 Å². The summed E-state index contributed by atoms with van der Waals surface area (Å²) in [5.74, 6) is 1.26. The van der Waals surface area contributed by atoms with Gasteiger partial charge >= 0.3 is 0 Å². The average Bonchev–Trinajstić information content (AvgIpc) is 2.73. The Balaban J connectivity index is 1.66. The van der Waals surface area contributed by atoms with Gasteiger partial charge < -0.3 is 14.8 Å². The van der Waals surface area contributed by atoms with E-state index < -0.39 is 0 Å². The molecule has 0 heterocycles. The van der Waals surface area contributed by atoms with Crippen molar-refractivity contribution in [1.82, 2.24) is 5.32 Å². The van der Waals surface area contributed by atoms with Crippen LogP contribution in [-0.2, 0) is 4.79 Å². The van der Waals surface area contributed by atoms with Gasteiger partial charge in [-0.05, 0) is 31.5 Å². The molecule has 3 rings (SSSR count). The molecule has 0 radical (unpaired) electrons. The molecule has 4 nitrogen and oxygen atoms in total. The third-order valence-corrected chi connectivity index (χ3v) is 4.56. The van der Waals surface area contributed by atoms with Crippen LogP contribution in [-0.4, -0.2) is 19.6 Å². The molecule has 0 aliphatic heterocycles. The van der Waals surface area contributed by atoms with Crippen LogP contribution in [0.3, 0.4) is 0 Å². The highest BCUT2D eigenvalue weighted by Crippen LogP contribution is 2.29. The maximum atomic E-state index is 12.5. The summed E-state index contributed by atoms with van der Waals surface area (Å²) in [4.78, 5) is 12.5. The molecule has 1 N–H and O–H groups in total. The summed E-state index contributed by atoms with van der Waals surface area (Å²) in [6.45, 7) is 3.90. The number of amides is 1. The van der Waals surface area contributed by atoms with Gasteiger partial charge in [-0.15, -0.1) is 0 Å². The first-order valence-corrected chi connectivity index (χ1v) is 9.29. The second-order valence-electron chi connectivity index (χ2n) is 6.69. The molecule has 0 aromatic heterocycles. The minimum Gasteiger partial charge on any atom is -0.496 e. The number of hydrogen-bond acceptors (Lipinski definition) is 3. The molecule has 0 fully saturated rings. The lowest BCUT2D eigenvalue weighted by molar-refractivity contribution is -0.123. The van der Waals surface area contributed by atoms with Crippen LogP contribution in [0.2, 0.25) is 0 Å². The van der Waals surface area contributed by atoms with Crippen molar-refractivity contribution in [2.75, 3.05) is 13.7 Å². The standard InChI is InChI=1S/C24H25NO3/c1-17-13-14-22(27-3)21(15-17)18(2)25-24(26)16-28-23-12-8-7-11-20(23)19-9-5-4-6-10-19/h4-15,18H,16H2,1-3H3,(H,25,26)/t18-/m1/s1. The van der Waals surface area contributed by atoms with Gasteiger partial charge in [0.15, 0.2) is 6.61 Å². The topological polar surface area (TPSA) is 47.6 Å². The number of aryl methyl sites for hydroxylation is 1. The second kappa shape index (κ2) is 9.09. The summed E-state index contributed by atoms with van der Waals surface area (Å²) in [7, 11) is 1.63. The fraction of sp³-hybridized carbons (Fsp3) is 0.208. The fourth-order valence-corrected chi connectivity index (χ4v) is 3.15. The van der Waals surface area contributed by atoms with Gasteiger partial charge in [-0.25, -0.2) is 0 Å². The van der Waals surface area contributed by atoms with Gasteiger partial charge in [0.05, 0.1) is 13.2 Å². The summed E-state index contributed by atoms with van der Waals surface area (Å²) >= 11 is 0. The number of carbonyl (C=O) groups is 1. The zero-order valence-electron chi connectivity index (χ0n) is 16.4. The van der Waals surface area contributed by atoms with Crippen molar-refractivity contribution in [2.45, 2.75) is 19.9 Å². The number of para-hydroxylation sites is 1. The lowest BCUT2D eigenvalue weighted by atomic mass is 10.0. The minimum absolute atomic E-state index is 0.0533. The lowest BCUT2D eigenvalue weighted by Crippen LogP contribution is -2.31. The maximum absolute atomic E-state index is 12.5. The second-order valence-corrected chi connectivity index (χ2v) is 6.69. The molecule has 0 spiro atoms. The molecular formula is C24H25NO3. The highest BCUT2D eigenvalue weighted by atomic mass is 16.5. The SMILES string of the molecule is COc1ccc(C)cc1[C@@H](C)NC(=O)COc1ccccc1-c1ccccc1. The molecule has 3 aromatic rings. The summed E-state index contributed by atoms with van der Waals surface area (Å²) in [6, 6.07) is 23.5. The molecule has 0 unspecified atom stereocenters. The Kier molecular flexibility index (Phi) is 6.33. The van der Waals surface area contributed by atoms with Gasteiger partial charge in [-0.2, -0.15) is 0 Å². The number of hydrogen-bond donors (Lipinski definition) is 1. The van der Waals surface area contributed by atoms with Crippen molar-refractivity contribution >= 4 is 5.91 Å². The van der Waals surface area contributed by atoms with E-state index >= 15 is 0 Å². The van der Waals surface area contributed by atoms with Crippen molar-refractivity contribution in [1.29, 1.82) is 0 Å². The van der Waals surface area contributed by atoms with E-state index in [9.17, 15) is 4.79 Å². The van der Waals surface area contributed by atoms with Crippen LogP contribution in [0.4, 0.5) is 0 Å². The third-order valence-electron chi connectivity index (χ3n) is 4.56. The quantitative estimate of drug-likeness (QED) is 0.637. The summed E-state index contributed by atoms with van der Waals surface area (Å²) in [6.07, 6.45) is 0. The van der Waals surface area contributed by atoms with Gasteiger partial charge in [-0.3, -0.25) is 4.79 Å². The zero-order chi connectivity index (χ0) is 19.9. The number of ether oxygens (including phenoxy) is 2. The van der Waals surface area contributed by atoms with E-state index in [1.54, 1.807) is 7.11 Å². The molecule has 1 atom stereocenters. The van der Waals surface area contributed by atoms with Crippen LogP contribution < -0.4 is 14.8 Å². The van der Waals surface area contributed by atoms with Crippen LogP contribution >= 0.6 is 0 Å². The van der Waals surface area contributed by atoms with E-state index in [2.05, 4.69) is 5.32 Å². The monoisotopic (exact) mass is 375 g/mol. The van der Waals surface area contributed by atoms with Crippen molar-refractivity contribution in [3.63, 3.8) is 0 Å². The molecule has 3 aromatic carbocycles. The maximum Gasteiger partial charge on any atom is 0.258 e. The third kappa shape index (κ3) is 4.71. The predicted molar refractivity (Wildman–Crippen MR) is 112 cm³/mol. The number of benzene rings is 3. The van der Waals surface area contributed by atoms with Crippen LogP contribution in [0, 0.1) is 6.92 Å². The zero-order valence-corrected chi connectivity index (χ0v) is 16.4. The van der Waals surface area contributed by atoms with Gasteiger partial charge in [0, 0.05) is 11.1 Å². The van der Waals surface area contributed by atoms with E-state index in [1.165, 1.54) is 0 Å². The van der Waals surface area contributed by atoms with Crippen molar-refractivity contribution in [3.05, 3.63) is 83.9 Å². The molecule has 0 aliphatic rings. The summed E-state index contributed by atoms with van der Waals surface area (Å²) in [5.41, 5.74) is 4.08. The predicted octanol–water partition coefficient (Wildman–Crippen LogP) is 4.93. The molecule has 0 aliphatic carbocycles. The van der Waals surface area contributed by atoms with E-state index in [1.807, 2.05) is 86.6 Å². The first kappa shape index (κ1) is 19.5. The molecule has 0 saturated heterocycles.